The molecule has 0 heterocycles. The van der Waals surface area contributed by atoms with Crippen molar-refractivity contribution in [3.8, 4) is 5.75 Å². The van der Waals surface area contributed by atoms with Crippen LogP contribution >= 0.6 is 11.6 Å². The molecule has 0 atom stereocenters. The Morgan fingerprint density at radius 3 is 2.36 bits per heavy atom. The van der Waals surface area contributed by atoms with Gasteiger partial charge in [0.05, 0.1) is 28.3 Å². The van der Waals surface area contributed by atoms with E-state index in [1.165, 1.54) is 37.4 Å². The first-order valence-electron chi connectivity index (χ1n) is 6.04. The third kappa shape index (κ3) is 3.32. The molecule has 2 rings (SSSR count). The van der Waals surface area contributed by atoms with E-state index in [4.69, 9.17) is 21.4 Å². The Bertz CT molecular complexity index is 802. The molecule has 2 aromatic rings. The van der Waals surface area contributed by atoms with E-state index in [0.717, 1.165) is 0 Å². The lowest BCUT2D eigenvalue weighted by Crippen LogP contribution is -2.14. The van der Waals surface area contributed by atoms with Crippen LogP contribution in [-0.2, 0) is 10.0 Å². The first-order chi connectivity index (χ1) is 10.3. The van der Waals surface area contributed by atoms with E-state index >= 15 is 0 Å². The Kier molecular flexibility index (Phi) is 4.58. The van der Waals surface area contributed by atoms with Crippen LogP contribution in [0.2, 0.25) is 5.02 Å². The molecule has 8 heteroatoms. The van der Waals surface area contributed by atoms with Gasteiger partial charge in [-0.3, -0.25) is 4.72 Å². The van der Waals surface area contributed by atoms with Gasteiger partial charge in [-0.25, -0.2) is 13.2 Å². The number of sulfonamides is 1. The van der Waals surface area contributed by atoms with Crippen LogP contribution in [-0.4, -0.2) is 26.6 Å². The lowest BCUT2D eigenvalue weighted by molar-refractivity contribution is 0.0696. The number of nitrogens with one attached hydrogen (secondary N) is 1. The summed E-state index contributed by atoms with van der Waals surface area (Å²) in [5, 5.41) is 9.08. The minimum atomic E-state index is -3.89. The van der Waals surface area contributed by atoms with Crippen LogP contribution in [0.25, 0.3) is 0 Å². The van der Waals surface area contributed by atoms with Crippen LogP contribution in [0.15, 0.2) is 47.4 Å². The van der Waals surface area contributed by atoms with Crippen molar-refractivity contribution < 1.29 is 23.1 Å². The maximum Gasteiger partial charge on any atom is 0.335 e. The number of aromatic carboxylic acids is 1. The summed E-state index contributed by atoms with van der Waals surface area (Å²) in [5.41, 5.74) is 0.191. The van der Waals surface area contributed by atoms with E-state index in [1.807, 2.05) is 0 Å². The highest BCUT2D eigenvalue weighted by Gasteiger charge is 2.18. The summed E-state index contributed by atoms with van der Waals surface area (Å²) < 4.78 is 32.0. The molecule has 0 aliphatic carbocycles. The van der Waals surface area contributed by atoms with Crippen LogP contribution < -0.4 is 9.46 Å². The molecule has 0 aliphatic rings. The zero-order valence-electron chi connectivity index (χ0n) is 11.4. The summed E-state index contributed by atoms with van der Waals surface area (Å²) >= 11 is 5.93. The average molecular weight is 342 g/mol. The van der Waals surface area contributed by atoms with Crippen molar-refractivity contribution in [1.29, 1.82) is 0 Å². The number of benzene rings is 2. The van der Waals surface area contributed by atoms with Crippen molar-refractivity contribution in [3.63, 3.8) is 0 Å². The molecule has 0 saturated heterocycles. The molecule has 0 fully saturated rings. The number of carboxylic acid groups (broad SMARTS) is 1. The minimum Gasteiger partial charge on any atom is -0.493 e. The highest BCUT2D eigenvalue weighted by Crippen LogP contribution is 2.33. The first kappa shape index (κ1) is 16.1. The standard InChI is InChI=1S/C14H12ClNO5S/c1-21-13-11(15)3-2-4-12(13)16-22(19,20)10-7-5-9(6-8-10)14(17)18/h2-8,16H,1H3,(H,17,18). The minimum absolute atomic E-state index is 0.000661. The topological polar surface area (TPSA) is 92.7 Å². The molecule has 6 nitrogen and oxygen atoms in total. The lowest BCUT2D eigenvalue weighted by Gasteiger charge is -2.13. The normalized spacial score (nSPS) is 11.0. The van der Waals surface area contributed by atoms with E-state index in [2.05, 4.69) is 4.72 Å². The van der Waals surface area contributed by atoms with Gasteiger partial charge in [-0.2, -0.15) is 0 Å². The molecule has 22 heavy (non-hydrogen) atoms. The number of rotatable bonds is 5. The smallest absolute Gasteiger partial charge is 0.335 e. The van der Waals surface area contributed by atoms with E-state index in [0.29, 0.717) is 0 Å². The highest BCUT2D eigenvalue weighted by atomic mass is 35.5. The van der Waals surface area contributed by atoms with Gasteiger partial charge in [0.15, 0.2) is 5.75 Å². The molecular weight excluding hydrogens is 330 g/mol. The van der Waals surface area contributed by atoms with E-state index in [-0.39, 0.29) is 26.9 Å². The van der Waals surface area contributed by atoms with Gasteiger partial charge in [0.2, 0.25) is 0 Å². The van der Waals surface area contributed by atoms with Crippen molar-refractivity contribution in [2.45, 2.75) is 4.90 Å². The molecular formula is C14H12ClNO5S. The van der Waals surface area contributed by atoms with Gasteiger partial charge in [0.1, 0.15) is 0 Å². The van der Waals surface area contributed by atoms with Crippen LogP contribution in [0.1, 0.15) is 10.4 Å². The number of methoxy groups -OCH3 is 1. The van der Waals surface area contributed by atoms with Crippen LogP contribution in [0.5, 0.6) is 5.75 Å². The molecule has 0 unspecified atom stereocenters. The molecule has 0 amide bonds. The van der Waals surface area contributed by atoms with Crippen molar-refractivity contribution in [1.82, 2.24) is 0 Å². The molecule has 0 bridgehead atoms. The number of halogens is 1. The molecule has 0 radical (unpaired) electrons. The Hall–Kier alpha value is -2.25. The molecule has 2 N–H and O–H groups in total. The fourth-order valence-electron chi connectivity index (χ4n) is 1.78. The Labute approximate surface area is 132 Å². The monoisotopic (exact) mass is 341 g/mol. The third-order valence-electron chi connectivity index (χ3n) is 2.83. The van der Waals surface area contributed by atoms with Gasteiger partial charge in [0.25, 0.3) is 10.0 Å². The maximum absolute atomic E-state index is 12.3. The highest BCUT2D eigenvalue weighted by molar-refractivity contribution is 7.92. The second kappa shape index (κ2) is 6.25. The number of carboxylic acids is 1. The number of ether oxygens (including phenoxy) is 1. The van der Waals surface area contributed by atoms with Crippen molar-refractivity contribution in [2.24, 2.45) is 0 Å². The first-order valence-corrected chi connectivity index (χ1v) is 7.90. The van der Waals surface area contributed by atoms with Gasteiger partial charge in [0, 0.05) is 0 Å². The van der Waals surface area contributed by atoms with Gasteiger partial charge in [-0.1, -0.05) is 17.7 Å². The number of hydrogen-bond donors (Lipinski definition) is 2. The quantitative estimate of drug-likeness (QED) is 0.872. The number of carbonyl (C=O) groups is 1. The number of para-hydroxylation sites is 1. The second-order valence-electron chi connectivity index (χ2n) is 4.26. The lowest BCUT2D eigenvalue weighted by atomic mass is 10.2. The average Bonchev–Trinajstić information content (AvgIpc) is 2.47. The third-order valence-corrected chi connectivity index (χ3v) is 4.51. The van der Waals surface area contributed by atoms with E-state index < -0.39 is 16.0 Å². The molecule has 0 spiro atoms. The van der Waals surface area contributed by atoms with E-state index in [1.54, 1.807) is 12.1 Å². The zero-order valence-corrected chi connectivity index (χ0v) is 13.0. The molecule has 0 aromatic heterocycles. The summed E-state index contributed by atoms with van der Waals surface area (Å²) in [6, 6.07) is 9.51. The molecule has 2 aromatic carbocycles. The Morgan fingerprint density at radius 1 is 1.18 bits per heavy atom. The van der Waals surface area contributed by atoms with Crippen molar-refractivity contribution in [3.05, 3.63) is 53.1 Å². The van der Waals surface area contributed by atoms with Crippen LogP contribution in [0, 0.1) is 0 Å². The fraction of sp³-hybridized carbons (Fsp3) is 0.0714. The van der Waals surface area contributed by atoms with Crippen molar-refractivity contribution in [2.75, 3.05) is 11.8 Å². The summed E-state index contributed by atoms with van der Waals surface area (Å²) in [7, 11) is -2.51. The molecule has 0 aliphatic heterocycles. The summed E-state index contributed by atoms with van der Waals surface area (Å²) in [6.45, 7) is 0. The Morgan fingerprint density at radius 2 is 1.82 bits per heavy atom. The second-order valence-corrected chi connectivity index (χ2v) is 6.35. The summed E-state index contributed by atoms with van der Waals surface area (Å²) in [5.74, 6) is -0.927. The van der Waals surface area contributed by atoms with Crippen LogP contribution in [0.3, 0.4) is 0 Å². The van der Waals surface area contributed by atoms with Gasteiger partial charge in [-0.05, 0) is 36.4 Å². The molecule has 0 saturated carbocycles. The van der Waals surface area contributed by atoms with Gasteiger partial charge in [-0.15, -0.1) is 0 Å². The fourth-order valence-corrected chi connectivity index (χ4v) is 3.09. The predicted molar refractivity (Wildman–Crippen MR) is 82.2 cm³/mol. The van der Waals surface area contributed by atoms with Gasteiger partial charge >= 0.3 is 5.97 Å². The molecule has 116 valence electrons. The summed E-state index contributed by atoms with van der Waals surface area (Å²) in [6.07, 6.45) is 0. The Balaban J connectivity index is 2.36. The largest absolute Gasteiger partial charge is 0.493 e. The summed E-state index contributed by atoms with van der Waals surface area (Å²) in [4.78, 5) is 10.7. The van der Waals surface area contributed by atoms with Gasteiger partial charge < -0.3 is 9.84 Å². The number of anilines is 1. The van der Waals surface area contributed by atoms with Crippen molar-refractivity contribution >= 4 is 33.3 Å². The van der Waals surface area contributed by atoms with Crippen LogP contribution in [0.4, 0.5) is 5.69 Å². The SMILES string of the molecule is COc1c(Cl)cccc1NS(=O)(=O)c1ccc(C(=O)O)cc1. The zero-order chi connectivity index (χ0) is 16.3. The number of hydrogen-bond acceptors (Lipinski definition) is 4. The maximum atomic E-state index is 12.3. The van der Waals surface area contributed by atoms with E-state index in [9.17, 15) is 13.2 Å². The predicted octanol–water partition coefficient (Wildman–Crippen LogP) is 2.85.